The third-order valence-electron chi connectivity index (χ3n) is 14.8. The number of nitrogens with two attached hydrogens (primary N) is 1. The molecule has 3 aliphatic rings. The number of rotatable bonds is 15. The van der Waals surface area contributed by atoms with E-state index >= 15 is 0 Å². The molecular formula is C56H63F3N10O7S. The first-order valence-electron chi connectivity index (χ1n) is 25.9. The number of aryl methyl sites for hydroxylation is 1. The fraction of sp³-hybridized carbons (Fsp3) is 0.429. The molecule has 0 spiro atoms. The number of nitrogen functional groups attached to an aromatic ring is 1. The summed E-state index contributed by atoms with van der Waals surface area (Å²) in [6.07, 6.45) is -0.152. The van der Waals surface area contributed by atoms with Crippen molar-refractivity contribution >= 4 is 63.4 Å². The van der Waals surface area contributed by atoms with E-state index in [-0.39, 0.29) is 68.3 Å². The molecule has 21 heteroatoms. The molecule has 0 radical (unpaired) electrons. The van der Waals surface area contributed by atoms with Crippen LogP contribution in [0.25, 0.3) is 32.6 Å². The lowest BCUT2D eigenvalue weighted by atomic mass is 9.85. The average molecular weight is 1080 g/mol. The van der Waals surface area contributed by atoms with Gasteiger partial charge in [0.25, 0.3) is 0 Å². The predicted octanol–water partition coefficient (Wildman–Crippen LogP) is 7.85. The van der Waals surface area contributed by atoms with Crippen molar-refractivity contribution in [2.45, 2.75) is 123 Å². The van der Waals surface area contributed by atoms with Crippen LogP contribution in [0.3, 0.4) is 0 Å². The molecule has 0 saturated carbocycles. The topological polar surface area (TPSA) is 218 Å². The number of halogens is 3. The van der Waals surface area contributed by atoms with Gasteiger partial charge in [-0.3, -0.25) is 24.0 Å². The minimum absolute atomic E-state index is 0.00238. The average Bonchev–Trinajstić information content (AvgIpc) is 4.23. The molecule has 2 saturated heterocycles. The van der Waals surface area contributed by atoms with E-state index in [0.29, 0.717) is 61.3 Å². The Bertz CT molecular complexity index is 3180. The van der Waals surface area contributed by atoms with Crippen molar-refractivity contribution in [2.75, 3.05) is 36.8 Å². The molecule has 3 aliphatic heterocycles. The van der Waals surface area contributed by atoms with Gasteiger partial charge in [-0.05, 0) is 97.0 Å². The molecule has 9 rings (SSSR count). The number of aromatic nitrogens is 4. The molecule has 3 aromatic carbocycles. The van der Waals surface area contributed by atoms with Crippen LogP contribution < -0.4 is 26.0 Å². The summed E-state index contributed by atoms with van der Waals surface area (Å²) in [6.45, 7) is 10.6. The van der Waals surface area contributed by atoms with Crippen LogP contribution in [0.4, 0.5) is 24.7 Å². The van der Waals surface area contributed by atoms with Crippen LogP contribution in [-0.4, -0.2) is 115 Å². The van der Waals surface area contributed by atoms with Gasteiger partial charge in [-0.15, -0.1) is 24.5 Å². The van der Waals surface area contributed by atoms with Crippen LogP contribution in [0.2, 0.25) is 0 Å². The summed E-state index contributed by atoms with van der Waals surface area (Å²) in [5, 5.41) is 17.3. The molecule has 0 aliphatic carbocycles. The van der Waals surface area contributed by atoms with Gasteiger partial charge in [0.15, 0.2) is 0 Å². The van der Waals surface area contributed by atoms with Crippen molar-refractivity contribution in [3.63, 3.8) is 0 Å². The Morgan fingerprint density at radius 3 is 2.35 bits per heavy atom. The Morgan fingerprint density at radius 2 is 1.65 bits per heavy atom. The summed E-state index contributed by atoms with van der Waals surface area (Å²) in [6, 6.07) is 16.7. The Balaban J connectivity index is 0.774. The number of amides is 5. The fourth-order valence-corrected chi connectivity index (χ4v) is 11.6. The van der Waals surface area contributed by atoms with E-state index in [1.165, 1.54) is 29.4 Å². The number of ether oxygens (including phenoxy) is 1. The number of β-amino-alcohol motifs (C(OH)–C–C–N with tert-alkyl or cyclic N) is 1. The second kappa shape index (κ2) is 22.3. The molecule has 5 N–H and O–H groups in total. The van der Waals surface area contributed by atoms with Crippen LogP contribution in [0.15, 0.2) is 84.8 Å². The molecule has 6 aromatic rings. The van der Waals surface area contributed by atoms with Gasteiger partial charge in [-0.25, -0.2) is 15.0 Å². The molecule has 17 nitrogen and oxygen atoms in total. The largest absolute Gasteiger partial charge is 0.573 e. The number of thiazole rings is 1. The van der Waals surface area contributed by atoms with Crippen molar-refractivity contribution in [1.29, 1.82) is 0 Å². The highest BCUT2D eigenvalue weighted by Crippen LogP contribution is 2.40. The van der Waals surface area contributed by atoms with E-state index in [0.717, 1.165) is 44.1 Å². The monoisotopic (exact) mass is 1080 g/mol. The molecule has 3 aromatic heterocycles. The highest BCUT2D eigenvalue weighted by Gasteiger charge is 2.45. The molecule has 77 heavy (non-hydrogen) atoms. The summed E-state index contributed by atoms with van der Waals surface area (Å²) in [4.78, 5) is 87.7. The van der Waals surface area contributed by atoms with Gasteiger partial charge in [0.1, 0.15) is 35.6 Å². The minimum Gasteiger partial charge on any atom is -0.406 e. The summed E-state index contributed by atoms with van der Waals surface area (Å²) in [5.41, 5.74) is 14.8. The van der Waals surface area contributed by atoms with E-state index in [1.54, 1.807) is 32.7 Å². The first-order valence-corrected chi connectivity index (χ1v) is 26.8. The molecule has 6 heterocycles. The molecule has 4 atom stereocenters. The third kappa shape index (κ3) is 12.3. The zero-order valence-electron chi connectivity index (χ0n) is 43.6. The summed E-state index contributed by atoms with van der Waals surface area (Å²) in [5.74, 6) is -1.68. The van der Waals surface area contributed by atoms with Crippen molar-refractivity contribution < 1.29 is 47.0 Å². The number of piperidine rings is 1. The smallest absolute Gasteiger partial charge is 0.406 e. The van der Waals surface area contributed by atoms with Gasteiger partial charge in [0.05, 0.1) is 40.0 Å². The van der Waals surface area contributed by atoms with Crippen LogP contribution in [0.5, 0.6) is 5.75 Å². The quantitative estimate of drug-likeness (QED) is 0.0776. The number of fused-ring (bicyclic) bond motifs is 2. The van der Waals surface area contributed by atoms with Gasteiger partial charge >= 0.3 is 6.36 Å². The molecule has 0 unspecified atom stereocenters. The standard InChI is InChI=1S/C56H63F3N10O7S/c1-32(35-12-14-36(15-13-35)49-33(2)63-31-77-49)64-53(74)44-27-40(70)28-69(44)54(75)50(55(3,4)5)65-45(71)10-7-11-46(72)66-21-19-39(20-22-66)68-29-42(48-51(60)61-30-62-52(48)68)37-16-17-43-38(26-37)18-23-67(43)47(73)25-34-8-6-9-41(24-34)76-56(57,58)59/h6,8-9,12-17,24,26,29-32,39-40,44,50,70H,7,10-11,18-23,25,27-28H2,1-5H3,(H,64,74)(H,65,71)(H2,60,61,62)/t32-,40+,44-,50+/m0/s1. The second-order valence-corrected chi connectivity index (χ2v) is 22.1. The third-order valence-corrected chi connectivity index (χ3v) is 15.8. The van der Waals surface area contributed by atoms with Gasteiger partial charge < -0.3 is 45.5 Å². The number of nitrogens with one attached hydrogen (secondary N) is 2. The summed E-state index contributed by atoms with van der Waals surface area (Å²) < 4.78 is 44.6. The lowest BCUT2D eigenvalue weighted by molar-refractivity contribution is -0.274. The lowest BCUT2D eigenvalue weighted by Crippen LogP contribution is -2.57. The maximum atomic E-state index is 14.3. The van der Waals surface area contributed by atoms with Gasteiger partial charge in [-0.2, -0.15) is 0 Å². The van der Waals surface area contributed by atoms with Gasteiger partial charge in [0, 0.05) is 68.9 Å². The second-order valence-electron chi connectivity index (χ2n) is 21.3. The number of hydrogen-bond donors (Lipinski definition) is 4. The zero-order valence-corrected chi connectivity index (χ0v) is 44.4. The fourth-order valence-electron chi connectivity index (χ4n) is 10.8. The molecule has 2 fully saturated rings. The van der Waals surface area contributed by atoms with Gasteiger partial charge in [0.2, 0.25) is 29.5 Å². The normalized spacial score (nSPS) is 17.8. The Morgan fingerprint density at radius 1 is 0.909 bits per heavy atom. The molecular weight excluding hydrogens is 1010 g/mol. The van der Waals surface area contributed by atoms with E-state index in [9.17, 15) is 42.3 Å². The Kier molecular flexibility index (Phi) is 15.8. The number of nitrogens with zero attached hydrogens (tertiary/aromatic N) is 7. The first kappa shape index (κ1) is 54.4. The number of carbonyl (C=O) groups is 5. The Labute approximate surface area is 448 Å². The number of carbonyl (C=O) groups excluding carboxylic acids is 5. The first-order chi connectivity index (χ1) is 36.6. The van der Waals surface area contributed by atoms with Crippen molar-refractivity contribution in [3.05, 3.63) is 107 Å². The minimum atomic E-state index is -4.85. The SMILES string of the molecule is Cc1ncsc1-c1ccc([C@H](C)NC(=O)[C@@H]2C[C@@H](O)CN2C(=O)[C@@H](NC(=O)CCCC(=O)N2CCC(n3cc(-c4ccc5c(c4)CCN5C(=O)Cc4cccc(OC(F)(F)F)c4)c4c(N)ncnc43)CC2)C(C)(C)C)cc1. The number of benzene rings is 3. The number of alkyl halides is 3. The number of aliphatic hydroxyl groups excluding tert-OH is 1. The highest BCUT2D eigenvalue weighted by molar-refractivity contribution is 7.13. The maximum absolute atomic E-state index is 14.3. The molecule has 0 bridgehead atoms. The van der Waals surface area contributed by atoms with Crippen LogP contribution >= 0.6 is 11.3 Å². The van der Waals surface area contributed by atoms with Gasteiger partial charge in [-0.1, -0.05) is 63.2 Å². The summed E-state index contributed by atoms with van der Waals surface area (Å²) >= 11 is 1.56. The number of hydrogen-bond acceptors (Lipinski definition) is 12. The van der Waals surface area contributed by atoms with Crippen LogP contribution in [0, 0.1) is 12.3 Å². The van der Waals surface area contributed by atoms with Crippen molar-refractivity contribution in [3.8, 4) is 27.3 Å². The molecule has 5 amide bonds. The van der Waals surface area contributed by atoms with E-state index in [2.05, 4.69) is 34.9 Å². The lowest BCUT2D eigenvalue weighted by Gasteiger charge is -2.35. The van der Waals surface area contributed by atoms with Crippen LogP contribution in [0.1, 0.15) is 101 Å². The summed E-state index contributed by atoms with van der Waals surface area (Å²) in [7, 11) is 0. The van der Waals surface area contributed by atoms with Crippen LogP contribution in [-0.2, 0) is 36.8 Å². The van der Waals surface area contributed by atoms with E-state index in [1.807, 2.05) is 83.3 Å². The predicted molar refractivity (Wildman–Crippen MR) is 285 cm³/mol. The van der Waals surface area contributed by atoms with Crippen molar-refractivity contribution in [1.82, 2.24) is 40.0 Å². The van der Waals surface area contributed by atoms with E-state index < -0.39 is 47.7 Å². The van der Waals surface area contributed by atoms with E-state index in [4.69, 9.17) is 5.73 Å². The zero-order chi connectivity index (χ0) is 54.9. The molecule has 406 valence electrons. The number of likely N-dealkylation sites (tertiary alicyclic amines) is 2. The highest BCUT2D eigenvalue weighted by atomic mass is 32.1. The number of aliphatic hydroxyl groups is 1. The van der Waals surface area contributed by atoms with Crippen molar-refractivity contribution in [2.24, 2.45) is 5.41 Å². The maximum Gasteiger partial charge on any atom is 0.573 e. The number of anilines is 2. The Hall–Kier alpha value is -7.39.